The Morgan fingerprint density at radius 1 is 1.19 bits per heavy atom. The van der Waals surface area contributed by atoms with Gasteiger partial charge < -0.3 is 11.6 Å². The molecule has 4 heteroatoms. The third kappa shape index (κ3) is 1.62. The molecule has 1 aromatic heterocycles. The first-order valence-electron chi connectivity index (χ1n) is 5.30. The molecule has 0 saturated heterocycles. The molecule has 0 bridgehead atoms. The normalized spacial score (nSPS) is 10.9. The van der Waals surface area contributed by atoms with E-state index in [0.29, 0.717) is 11.6 Å². The van der Waals surface area contributed by atoms with E-state index in [1.807, 2.05) is 44.2 Å². The molecular weight excluding hydrogens is 200 g/mol. The Kier molecular flexibility index (Phi) is 2.56. The van der Waals surface area contributed by atoms with Crippen LogP contribution in [0, 0.1) is 0 Å². The molecule has 0 fully saturated rings. The van der Waals surface area contributed by atoms with Crippen LogP contribution in [0.4, 0.5) is 5.82 Å². The lowest BCUT2D eigenvalue weighted by Gasteiger charge is -2.02. The van der Waals surface area contributed by atoms with Crippen LogP contribution in [0.5, 0.6) is 0 Å². The Morgan fingerprint density at radius 2 is 1.81 bits per heavy atom. The number of aromatic nitrogens is 2. The minimum Gasteiger partial charge on any atom is -0.382 e. The second-order valence-electron chi connectivity index (χ2n) is 4.10. The molecule has 0 aliphatic heterocycles. The Labute approximate surface area is 94.9 Å². The van der Waals surface area contributed by atoms with Crippen molar-refractivity contribution in [1.82, 2.24) is 9.66 Å². The van der Waals surface area contributed by atoms with Crippen molar-refractivity contribution in [3.8, 4) is 11.4 Å². The predicted molar refractivity (Wildman–Crippen MR) is 66.3 cm³/mol. The van der Waals surface area contributed by atoms with E-state index in [1.54, 1.807) is 0 Å². The van der Waals surface area contributed by atoms with Gasteiger partial charge in [-0.2, -0.15) is 0 Å². The van der Waals surface area contributed by atoms with Crippen LogP contribution in [-0.4, -0.2) is 9.66 Å². The Hall–Kier alpha value is -1.97. The highest BCUT2D eigenvalue weighted by molar-refractivity contribution is 5.60. The minimum absolute atomic E-state index is 0.271. The van der Waals surface area contributed by atoms with Crippen molar-refractivity contribution < 1.29 is 0 Å². The Bertz CT molecular complexity index is 485. The van der Waals surface area contributed by atoms with Gasteiger partial charge in [-0.25, -0.2) is 9.66 Å². The molecule has 4 nitrogen and oxygen atoms in total. The van der Waals surface area contributed by atoms with E-state index in [1.165, 1.54) is 4.68 Å². The van der Waals surface area contributed by atoms with Crippen molar-refractivity contribution in [1.29, 1.82) is 0 Å². The highest BCUT2D eigenvalue weighted by Gasteiger charge is 2.16. The molecule has 0 atom stereocenters. The summed E-state index contributed by atoms with van der Waals surface area (Å²) < 4.78 is 1.45. The van der Waals surface area contributed by atoms with Gasteiger partial charge in [0, 0.05) is 5.56 Å². The van der Waals surface area contributed by atoms with E-state index in [4.69, 9.17) is 11.6 Å². The summed E-state index contributed by atoms with van der Waals surface area (Å²) in [6, 6.07) is 9.80. The quantitative estimate of drug-likeness (QED) is 0.754. The van der Waals surface area contributed by atoms with Gasteiger partial charge in [0.15, 0.2) is 5.82 Å². The third-order valence-electron chi connectivity index (χ3n) is 2.56. The van der Waals surface area contributed by atoms with E-state index in [0.717, 1.165) is 11.3 Å². The number of nitrogens with zero attached hydrogens (tertiary/aromatic N) is 2. The lowest BCUT2D eigenvalue weighted by Crippen LogP contribution is -2.13. The van der Waals surface area contributed by atoms with E-state index in [2.05, 4.69) is 4.98 Å². The fraction of sp³-hybridized carbons (Fsp3) is 0.250. The van der Waals surface area contributed by atoms with Gasteiger partial charge in [-0.15, -0.1) is 0 Å². The second-order valence-corrected chi connectivity index (χ2v) is 4.10. The first-order valence-corrected chi connectivity index (χ1v) is 5.30. The van der Waals surface area contributed by atoms with Gasteiger partial charge in [-0.05, 0) is 5.92 Å². The zero-order chi connectivity index (χ0) is 11.7. The molecule has 0 aliphatic rings. The van der Waals surface area contributed by atoms with Gasteiger partial charge in [-0.1, -0.05) is 44.2 Å². The largest absolute Gasteiger partial charge is 0.382 e. The lowest BCUT2D eigenvalue weighted by atomic mass is 10.1. The van der Waals surface area contributed by atoms with Gasteiger partial charge >= 0.3 is 0 Å². The number of imidazole rings is 1. The summed E-state index contributed by atoms with van der Waals surface area (Å²) in [5.74, 6) is 7.42. The molecule has 1 heterocycles. The molecule has 0 spiro atoms. The Balaban J connectivity index is 2.55. The predicted octanol–water partition coefficient (Wildman–Crippen LogP) is 1.97. The monoisotopic (exact) mass is 216 g/mol. The number of anilines is 1. The average Bonchev–Trinajstić information content (AvgIpc) is 2.58. The van der Waals surface area contributed by atoms with Crippen LogP contribution in [0.15, 0.2) is 30.3 Å². The van der Waals surface area contributed by atoms with Crippen LogP contribution in [-0.2, 0) is 0 Å². The summed E-state index contributed by atoms with van der Waals surface area (Å²) in [5.41, 5.74) is 7.74. The van der Waals surface area contributed by atoms with Crippen LogP contribution in [0.1, 0.15) is 25.5 Å². The highest BCUT2D eigenvalue weighted by atomic mass is 15.4. The fourth-order valence-corrected chi connectivity index (χ4v) is 1.68. The van der Waals surface area contributed by atoms with Crippen molar-refractivity contribution >= 4 is 5.82 Å². The SMILES string of the molecule is CC(C)c1nc(-c2ccccc2)n(N)c1N. The maximum atomic E-state index is 5.92. The fourth-order valence-electron chi connectivity index (χ4n) is 1.68. The molecule has 16 heavy (non-hydrogen) atoms. The number of benzene rings is 1. The molecule has 4 N–H and O–H groups in total. The summed E-state index contributed by atoms with van der Waals surface area (Å²) in [6.45, 7) is 4.10. The van der Waals surface area contributed by atoms with Crippen LogP contribution in [0.25, 0.3) is 11.4 Å². The van der Waals surface area contributed by atoms with Gasteiger partial charge in [0.05, 0.1) is 5.69 Å². The summed E-state index contributed by atoms with van der Waals surface area (Å²) in [5, 5.41) is 0. The number of nitrogens with two attached hydrogens (primary N) is 2. The molecule has 0 amide bonds. The molecule has 0 aliphatic carbocycles. The zero-order valence-corrected chi connectivity index (χ0v) is 9.51. The van der Waals surface area contributed by atoms with Crippen molar-refractivity contribution in [3.05, 3.63) is 36.0 Å². The highest BCUT2D eigenvalue weighted by Crippen LogP contribution is 2.26. The molecular formula is C12H16N4. The van der Waals surface area contributed by atoms with Crippen LogP contribution < -0.4 is 11.6 Å². The molecule has 1 aromatic carbocycles. The van der Waals surface area contributed by atoms with Crippen molar-refractivity contribution in [2.24, 2.45) is 0 Å². The topological polar surface area (TPSA) is 69.9 Å². The summed E-state index contributed by atoms with van der Waals surface area (Å²) in [7, 11) is 0. The number of nitrogen functional groups attached to an aromatic ring is 2. The number of hydrogen-bond donors (Lipinski definition) is 2. The van der Waals surface area contributed by atoms with Crippen LogP contribution >= 0.6 is 0 Å². The number of rotatable bonds is 2. The van der Waals surface area contributed by atoms with E-state index in [9.17, 15) is 0 Å². The molecule has 2 aromatic rings. The van der Waals surface area contributed by atoms with E-state index in [-0.39, 0.29) is 5.92 Å². The molecule has 2 rings (SSSR count). The zero-order valence-electron chi connectivity index (χ0n) is 9.51. The van der Waals surface area contributed by atoms with Crippen LogP contribution in [0.3, 0.4) is 0 Å². The van der Waals surface area contributed by atoms with Gasteiger partial charge in [-0.3, -0.25) is 0 Å². The first-order chi connectivity index (χ1) is 7.61. The lowest BCUT2D eigenvalue weighted by molar-refractivity contribution is 0.835. The Morgan fingerprint density at radius 3 is 2.31 bits per heavy atom. The van der Waals surface area contributed by atoms with Gasteiger partial charge in [0.25, 0.3) is 0 Å². The minimum atomic E-state index is 0.271. The molecule has 84 valence electrons. The maximum absolute atomic E-state index is 5.92. The van der Waals surface area contributed by atoms with Crippen LogP contribution in [0.2, 0.25) is 0 Å². The third-order valence-corrected chi connectivity index (χ3v) is 2.56. The van der Waals surface area contributed by atoms with Crippen molar-refractivity contribution in [3.63, 3.8) is 0 Å². The summed E-state index contributed by atoms with van der Waals surface area (Å²) in [4.78, 5) is 4.49. The standard InChI is InChI=1S/C12H16N4/c1-8(2)10-11(13)16(14)12(15-10)9-6-4-3-5-7-9/h3-8H,13-14H2,1-2H3. The maximum Gasteiger partial charge on any atom is 0.160 e. The smallest absolute Gasteiger partial charge is 0.160 e. The average molecular weight is 216 g/mol. The molecule has 0 saturated carbocycles. The van der Waals surface area contributed by atoms with Crippen molar-refractivity contribution in [2.75, 3.05) is 11.6 Å². The second kappa shape index (κ2) is 3.89. The molecule has 0 radical (unpaired) electrons. The summed E-state index contributed by atoms with van der Waals surface area (Å²) in [6.07, 6.45) is 0. The van der Waals surface area contributed by atoms with Gasteiger partial charge in [0.2, 0.25) is 0 Å². The van der Waals surface area contributed by atoms with Crippen molar-refractivity contribution in [2.45, 2.75) is 19.8 Å². The van der Waals surface area contributed by atoms with Gasteiger partial charge in [0.1, 0.15) is 5.82 Å². The summed E-state index contributed by atoms with van der Waals surface area (Å²) >= 11 is 0. The molecule has 0 unspecified atom stereocenters. The van der Waals surface area contributed by atoms with E-state index >= 15 is 0 Å². The first kappa shape index (κ1) is 10.5. The van der Waals surface area contributed by atoms with E-state index < -0.39 is 0 Å². The number of hydrogen-bond acceptors (Lipinski definition) is 3.